The van der Waals surface area contributed by atoms with Crippen LogP contribution in [0.15, 0.2) is 12.2 Å². The maximum Gasteiger partial charge on any atom is 0.222 e. The molecule has 0 radical (unpaired) electrons. The van der Waals surface area contributed by atoms with Gasteiger partial charge in [0.2, 0.25) is 5.91 Å². The minimum Gasteiger partial charge on any atom is -0.394 e. The van der Waals surface area contributed by atoms with E-state index in [2.05, 4.69) is 19.2 Å². The number of hydrogen-bond donors (Lipinski definition) is 4. The summed E-state index contributed by atoms with van der Waals surface area (Å²) in [6.45, 7) is 4.24. The van der Waals surface area contributed by atoms with Gasteiger partial charge in [-0.15, -0.1) is 0 Å². The number of carbonyl (C=O) groups excluding carboxylic acids is 1. The number of carbonyl (C=O) groups is 1. The Kier molecular flexibility index (Phi) is 54.9. The summed E-state index contributed by atoms with van der Waals surface area (Å²) in [4.78, 5) is 12.5. The molecule has 0 aromatic heterocycles. The van der Waals surface area contributed by atoms with E-state index in [1.54, 1.807) is 6.08 Å². The number of amides is 1. The standard InChI is InChI=1S/C60H119NO4/c1-3-5-7-9-11-13-15-17-18-19-20-21-22-23-24-25-26-27-28-29-30-31-32-33-34-35-36-37-38-39-40-42-43-45-47-49-51-53-57(63)55-60(65)61-58(56-62)59(64)54-52-50-48-46-44-41-16-14-12-10-8-6-4-2/h52,54,57-59,62-64H,3-51,53,55-56H2,1-2H3,(H,61,65)/b54-52+. The minimum absolute atomic E-state index is 0.0192. The molecule has 1 amide bonds. The van der Waals surface area contributed by atoms with Crippen molar-refractivity contribution >= 4 is 5.91 Å². The lowest BCUT2D eigenvalue weighted by atomic mass is 10.0. The van der Waals surface area contributed by atoms with Crippen LogP contribution in [0, 0.1) is 0 Å². The Morgan fingerprint density at radius 3 is 0.892 bits per heavy atom. The van der Waals surface area contributed by atoms with E-state index in [4.69, 9.17) is 0 Å². The number of nitrogens with one attached hydrogen (secondary N) is 1. The molecule has 65 heavy (non-hydrogen) atoms. The molecule has 5 nitrogen and oxygen atoms in total. The highest BCUT2D eigenvalue weighted by atomic mass is 16.3. The average Bonchev–Trinajstić information content (AvgIpc) is 3.30. The molecule has 0 aromatic carbocycles. The molecule has 3 atom stereocenters. The van der Waals surface area contributed by atoms with Gasteiger partial charge in [0.05, 0.1) is 31.3 Å². The number of hydrogen-bond acceptors (Lipinski definition) is 4. The quantitative estimate of drug-likeness (QED) is 0.0361. The summed E-state index contributed by atoms with van der Waals surface area (Å²) in [5, 5.41) is 33.4. The van der Waals surface area contributed by atoms with E-state index in [9.17, 15) is 20.1 Å². The third-order valence-corrected chi connectivity index (χ3v) is 14.3. The largest absolute Gasteiger partial charge is 0.394 e. The van der Waals surface area contributed by atoms with E-state index in [-0.39, 0.29) is 18.9 Å². The van der Waals surface area contributed by atoms with Gasteiger partial charge in [-0.3, -0.25) is 4.79 Å². The van der Waals surface area contributed by atoms with E-state index >= 15 is 0 Å². The second-order valence-electron chi connectivity index (χ2n) is 21.0. The van der Waals surface area contributed by atoms with Crippen molar-refractivity contribution in [2.45, 2.75) is 360 Å². The molecule has 0 aliphatic rings. The first kappa shape index (κ1) is 64.1. The molecule has 0 saturated heterocycles. The van der Waals surface area contributed by atoms with Crippen molar-refractivity contribution in [2.75, 3.05) is 6.61 Å². The van der Waals surface area contributed by atoms with Crippen LogP contribution in [0.1, 0.15) is 341 Å². The number of aliphatic hydroxyl groups is 3. The highest BCUT2D eigenvalue weighted by molar-refractivity contribution is 5.76. The zero-order valence-electron chi connectivity index (χ0n) is 44.4. The van der Waals surface area contributed by atoms with E-state index < -0.39 is 18.2 Å². The van der Waals surface area contributed by atoms with Gasteiger partial charge >= 0.3 is 0 Å². The summed E-state index contributed by atoms with van der Waals surface area (Å²) in [6.07, 6.45) is 70.1. The monoisotopic (exact) mass is 918 g/mol. The third-order valence-electron chi connectivity index (χ3n) is 14.3. The molecule has 0 heterocycles. The van der Waals surface area contributed by atoms with Gasteiger partial charge in [0.25, 0.3) is 0 Å². The van der Waals surface area contributed by atoms with Gasteiger partial charge in [0.1, 0.15) is 0 Å². The predicted octanol–water partition coefficient (Wildman–Crippen LogP) is 18.7. The summed E-state index contributed by atoms with van der Waals surface area (Å²) in [5.74, 6) is -0.309. The number of allylic oxidation sites excluding steroid dienone is 1. The maximum absolute atomic E-state index is 12.5. The van der Waals surface area contributed by atoms with Crippen LogP contribution >= 0.6 is 0 Å². The van der Waals surface area contributed by atoms with Crippen molar-refractivity contribution in [2.24, 2.45) is 0 Å². The van der Waals surface area contributed by atoms with Crippen molar-refractivity contribution in [1.82, 2.24) is 5.32 Å². The molecule has 0 rings (SSSR count). The molecule has 0 aromatic rings. The number of aliphatic hydroxyl groups excluding tert-OH is 3. The zero-order valence-corrected chi connectivity index (χ0v) is 44.4. The Hall–Kier alpha value is -0.910. The van der Waals surface area contributed by atoms with Crippen LogP contribution in [0.4, 0.5) is 0 Å². The van der Waals surface area contributed by atoms with Gasteiger partial charge in [-0.25, -0.2) is 0 Å². The lowest BCUT2D eigenvalue weighted by molar-refractivity contribution is -0.124. The Balaban J connectivity index is 3.40. The number of unbranched alkanes of at least 4 members (excludes halogenated alkanes) is 47. The maximum atomic E-state index is 12.5. The van der Waals surface area contributed by atoms with Gasteiger partial charge in [-0.1, -0.05) is 328 Å². The lowest BCUT2D eigenvalue weighted by Crippen LogP contribution is -2.45. The van der Waals surface area contributed by atoms with E-state index in [0.717, 1.165) is 25.7 Å². The van der Waals surface area contributed by atoms with Crippen molar-refractivity contribution < 1.29 is 20.1 Å². The first-order chi connectivity index (χ1) is 32.0. The molecule has 4 N–H and O–H groups in total. The van der Waals surface area contributed by atoms with E-state index in [1.165, 1.54) is 289 Å². The first-order valence-corrected chi connectivity index (χ1v) is 30.0. The van der Waals surface area contributed by atoms with Gasteiger partial charge in [-0.2, -0.15) is 0 Å². The van der Waals surface area contributed by atoms with Crippen LogP contribution in [0.5, 0.6) is 0 Å². The van der Waals surface area contributed by atoms with E-state index in [0.29, 0.717) is 6.42 Å². The first-order valence-electron chi connectivity index (χ1n) is 30.0. The van der Waals surface area contributed by atoms with Gasteiger partial charge in [0.15, 0.2) is 0 Å². The SMILES string of the molecule is CCCCCCCCCCCCC/C=C/C(O)C(CO)NC(=O)CC(O)CCCCCCCCCCCCCCCCCCCCCCCCCCCCCCCCCCCCCCC. The van der Waals surface area contributed by atoms with Gasteiger partial charge < -0.3 is 20.6 Å². The summed E-state index contributed by atoms with van der Waals surface area (Å²) >= 11 is 0. The Labute approximate surface area is 408 Å². The van der Waals surface area contributed by atoms with Crippen molar-refractivity contribution in [3.63, 3.8) is 0 Å². The fourth-order valence-corrected chi connectivity index (χ4v) is 9.76. The molecule has 0 aliphatic heterocycles. The fourth-order valence-electron chi connectivity index (χ4n) is 9.76. The van der Waals surface area contributed by atoms with Crippen LogP contribution < -0.4 is 5.32 Å². The van der Waals surface area contributed by atoms with Gasteiger partial charge in [-0.05, 0) is 19.3 Å². The van der Waals surface area contributed by atoms with Crippen LogP contribution in [0.25, 0.3) is 0 Å². The molecular formula is C60H119NO4. The summed E-state index contributed by atoms with van der Waals surface area (Å²) < 4.78 is 0. The van der Waals surface area contributed by atoms with Crippen molar-refractivity contribution in [3.05, 3.63) is 12.2 Å². The third kappa shape index (κ3) is 52.3. The molecule has 0 aliphatic carbocycles. The zero-order chi connectivity index (χ0) is 47.2. The highest BCUT2D eigenvalue weighted by Gasteiger charge is 2.20. The molecular weight excluding hydrogens is 799 g/mol. The molecule has 0 bridgehead atoms. The predicted molar refractivity (Wildman–Crippen MR) is 287 cm³/mol. The molecule has 5 heteroatoms. The molecule has 0 fully saturated rings. The van der Waals surface area contributed by atoms with Crippen molar-refractivity contribution in [1.29, 1.82) is 0 Å². The highest BCUT2D eigenvalue weighted by Crippen LogP contribution is 2.19. The second-order valence-corrected chi connectivity index (χ2v) is 21.0. The smallest absolute Gasteiger partial charge is 0.222 e. The topological polar surface area (TPSA) is 89.8 Å². The normalized spacial score (nSPS) is 13.2. The fraction of sp³-hybridized carbons (Fsp3) is 0.950. The van der Waals surface area contributed by atoms with E-state index in [1.807, 2.05) is 6.08 Å². The molecule has 0 spiro atoms. The molecule has 388 valence electrons. The molecule has 3 unspecified atom stereocenters. The summed E-state index contributed by atoms with van der Waals surface area (Å²) in [5.41, 5.74) is 0. The second kappa shape index (κ2) is 55.7. The Morgan fingerprint density at radius 1 is 0.385 bits per heavy atom. The minimum atomic E-state index is -0.925. The van der Waals surface area contributed by atoms with Crippen LogP contribution in [-0.4, -0.2) is 46.1 Å². The average molecular weight is 919 g/mol. The molecule has 0 saturated carbocycles. The van der Waals surface area contributed by atoms with Crippen LogP contribution in [0.3, 0.4) is 0 Å². The summed E-state index contributed by atoms with van der Waals surface area (Å²) in [7, 11) is 0. The number of rotatable bonds is 56. The Bertz CT molecular complexity index is 925. The Morgan fingerprint density at radius 2 is 0.631 bits per heavy atom. The summed E-state index contributed by atoms with van der Waals surface area (Å²) in [6, 6.07) is -0.740. The van der Waals surface area contributed by atoms with Crippen LogP contribution in [0.2, 0.25) is 0 Å². The lowest BCUT2D eigenvalue weighted by Gasteiger charge is -2.21. The van der Waals surface area contributed by atoms with Crippen molar-refractivity contribution in [3.8, 4) is 0 Å². The van der Waals surface area contributed by atoms with Crippen LogP contribution in [-0.2, 0) is 4.79 Å². The van der Waals surface area contributed by atoms with Gasteiger partial charge in [0, 0.05) is 0 Å².